The minimum Gasteiger partial charge on any atom is -0.489 e. The minimum absolute atomic E-state index is 0.189. The highest BCUT2D eigenvalue weighted by atomic mass is 35.5. The van der Waals surface area contributed by atoms with Gasteiger partial charge in [0.2, 0.25) is 0 Å². The van der Waals surface area contributed by atoms with E-state index in [1.165, 1.54) is 11.3 Å². The molecule has 0 aliphatic rings. The summed E-state index contributed by atoms with van der Waals surface area (Å²) in [4.78, 5) is 13.0. The second kappa shape index (κ2) is 8.12. The molecule has 0 spiro atoms. The maximum Gasteiger partial charge on any atom is 0.265 e. The Morgan fingerprint density at radius 2 is 1.88 bits per heavy atom. The van der Waals surface area contributed by atoms with E-state index in [1.807, 2.05) is 37.4 Å². The maximum atomic E-state index is 12.4. The fourth-order valence-corrected chi connectivity index (χ4v) is 3.45. The average molecular weight is 406 g/mol. The van der Waals surface area contributed by atoms with Crippen molar-refractivity contribution < 1.29 is 9.53 Å². The number of anilines is 1. The first kappa shape index (κ1) is 18.8. The van der Waals surface area contributed by atoms with Crippen molar-refractivity contribution in [2.75, 3.05) is 5.32 Å². The van der Waals surface area contributed by atoms with Crippen LogP contribution in [0, 0.1) is 13.8 Å². The molecule has 0 saturated heterocycles. The molecule has 1 aromatic heterocycles. The Hall–Kier alpha value is -2.01. The number of halogens is 2. The third-order valence-corrected chi connectivity index (χ3v) is 5.51. The number of nitrogens with one attached hydrogen (secondary N) is 1. The lowest BCUT2D eigenvalue weighted by Gasteiger charge is -2.09. The van der Waals surface area contributed by atoms with Crippen molar-refractivity contribution in [3.8, 4) is 5.75 Å². The van der Waals surface area contributed by atoms with Gasteiger partial charge < -0.3 is 10.1 Å². The van der Waals surface area contributed by atoms with Gasteiger partial charge in [-0.2, -0.15) is 0 Å². The summed E-state index contributed by atoms with van der Waals surface area (Å²) in [6.07, 6.45) is 0. The van der Waals surface area contributed by atoms with E-state index >= 15 is 0 Å². The monoisotopic (exact) mass is 405 g/mol. The summed E-state index contributed by atoms with van der Waals surface area (Å²) in [7, 11) is 0. The number of amides is 1. The summed E-state index contributed by atoms with van der Waals surface area (Å²) < 4.78 is 5.89. The van der Waals surface area contributed by atoms with E-state index in [0.717, 1.165) is 22.4 Å². The molecule has 0 saturated carbocycles. The van der Waals surface area contributed by atoms with Gasteiger partial charge in [-0.25, -0.2) is 0 Å². The van der Waals surface area contributed by atoms with Gasteiger partial charge >= 0.3 is 0 Å². The lowest BCUT2D eigenvalue weighted by molar-refractivity contribution is 0.103. The average Bonchev–Trinajstić information content (AvgIpc) is 3.08. The van der Waals surface area contributed by atoms with E-state index < -0.39 is 0 Å². The number of aryl methyl sites for hydroxylation is 2. The van der Waals surface area contributed by atoms with Crippen LogP contribution >= 0.6 is 34.5 Å². The molecule has 3 aromatic rings. The molecule has 1 heterocycles. The Morgan fingerprint density at radius 1 is 1.08 bits per heavy atom. The molecule has 1 N–H and O–H groups in total. The van der Waals surface area contributed by atoms with E-state index in [-0.39, 0.29) is 5.91 Å². The molecular formula is C20H17Cl2NO2S. The predicted octanol–water partition coefficient (Wildman–Crippen LogP) is 6.50. The normalized spacial score (nSPS) is 10.6. The Bertz CT molecular complexity index is 953. The molecular weight excluding hydrogens is 389 g/mol. The first-order chi connectivity index (χ1) is 12.4. The quantitative estimate of drug-likeness (QED) is 0.525. The molecule has 0 radical (unpaired) electrons. The van der Waals surface area contributed by atoms with Crippen molar-refractivity contribution in [3.63, 3.8) is 0 Å². The lowest BCUT2D eigenvalue weighted by Crippen LogP contribution is -2.10. The molecule has 0 aliphatic carbocycles. The van der Waals surface area contributed by atoms with Gasteiger partial charge in [0, 0.05) is 11.3 Å². The largest absolute Gasteiger partial charge is 0.489 e. The van der Waals surface area contributed by atoms with Gasteiger partial charge in [0.15, 0.2) is 0 Å². The highest BCUT2D eigenvalue weighted by Gasteiger charge is 2.11. The smallest absolute Gasteiger partial charge is 0.265 e. The van der Waals surface area contributed by atoms with Crippen LogP contribution in [-0.2, 0) is 6.61 Å². The summed E-state index contributed by atoms with van der Waals surface area (Å²) >= 11 is 13.2. The van der Waals surface area contributed by atoms with Crippen molar-refractivity contribution in [1.82, 2.24) is 0 Å². The van der Waals surface area contributed by atoms with Crippen molar-refractivity contribution in [3.05, 3.63) is 79.5 Å². The van der Waals surface area contributed by atoms with Gasteiger partial charge in [-0.3, -0.25) is 4.79 Å². The van der Waals surface area contributed by atoms with Crippen LogP contribution in [0.5, 0.6) is 5.75 Å². The van der Waals surface area contributed by atoms with Crippen LogP contribution in [0.25, 0.3) is 0 Å². The molecule has 3 rings (SSSR count). The van der Waals surface area contributed by atoms with Crippen LogP contribution in [0.1, 0.15) is 26.4 Å². The van der Waals surface area contributed by atoms with E-state index in [9.17, 15) is 4.79 Å². The molecule has 1 amide bonds. The molecule has 6 heteroatoms. The molecule has 0 bridgehead atoms. The van der Waals surface area contributed by atoms with Gasteiger partial charge in [0.25, 0.3) is 5.91 Å². The van der Waals surface area contributed by atoms with Crippen LogP contribution in [0.15, 0.2) is 47.8 Å². The van der Waals surface area contributed by atoms with E-state index in [2.05, 4.69) is 11.4 Å². The topological polar surface area (TPSA) is 38.3 Å². The third kappa shape index (κ3) is 4.58. The van der Waals surface area contributed by atoms with Gasteiger partial charge in [0.1, 0.15) is 12.4 Å². The van der Waals surface area contributed by atoms with Crippen molar-refractivity contribution in [2.45, 2.75) is 20.5 Å². The Kier molecular flexibility index (Phi) is 5.87. The lowest BCUT2D eigenvalue weighted by atomic mass is 10.1. The van der Waals surface area contributed by atoms with Crippen molar-refractivity contribution >= 4 is 46.1 Å². The van der Waals surface area contributed by atoms with Crippen LogP contribution in [0.4, 0.5) is 5.69 Å². The fraction of sp³-hybridized carbons (Fsp3) is 0.150. The molecule has 0 atom stereocenters. The van der Waals surface area contributed by atoms with Gasteiger partial charge in [-0.05, 0) is 60.7 Å². The van der Waals surface area contributed by atoms with Gasteiger partial charge in [-0.15, -0.1) is 11.3 Å². The zero-order valence-electron chi connectivity index (χ0n) is 14.3. The number of carbonyl (C=O) groups is 1. The molecule has 2 aromatic carbocycles. The summed E-state index contributed by atoms with van der Waals surface area (Å²) in [6.45, 7) is 4.46. The number of benzene rings is 2. The van der Waals surface area contributed by atoms with E-state index in [0.29, 0.717) is 27.2 Å². The molecule has 3 nitrogen and oxygen atoms in total. The Morgan fingerprint density at radius 3 is 2.65 bits per heavy atom. The second-order valence-electron chi connectivity index (χ2n) is 5.96. The zero-order valence-corrected chi connectivity index (χ0v) is 16.6. The van der Waals surface area contributed by atoms with Crippen LogP contribution in [0.2, 0.25) is 10.0 Å². The molecule has 0 fully saturated rings. The highest BCUT2D eigenvalue weighted by Crippen LogP contribution is 2.26. The number of rotatable bonds is 5. The number of hydrogen-bond donors (Lipinski definition) is 1. The summed E-state index contributed by atoms with van der Waals surface area (Å²) in [5, 5.41) is 5.59. The predicted molar refractivity (Wildman–Crippen MR) is 109 cm³/mol. The highest BCUT2D eigenvalue weighted by molar-refractivity contribution is 7.12. The SMILES string of the molecule is Cc1ccc(C)c(OCc2csc(C(=O)Nc3ccc(Cl)c(Cl)c3)c2)c1. The summed E-state index contributed by atoms with van der Waals surface area (Å²) in [5.74, 6) is 0.671. The van der Waals surface area contributed by atoms with E-state index in [4.69, 9.17) is 27.9 Å². The van der Waals surface area contributed by atoms with Crippen molar-refractivity contribution in [2.24, 2.45) is 0 Å². The summed E-state index contributed by atoms with van der Waals surface area (Å²) in [6, 6.07) is 12.9. The van der Waals surface area contributed by atoms with Crippen LogP contribution < -0.4 is 10.1 Å². The van der Waals surface area contributed by atoms with Gasteiger partial charge in [0.05, 0.1) is 14.9 Å². The molecule has 134 valence electrons. The number of hydrogen-bond acceptors (Lipinski definition) is 3. The summed E-state index contributed by atoms with van der Waals surface area (Å²) in [5.41, 5.74) is 3.79. The number of thiophene rings is 1. The fourth-order valence-electron chi connectivity index (χ4n) is 2.36. The zero-order chi connectivity index (χ0) is 18.7. The van der Waals surface area contributed by atoms with Crippen LogP contribution in [0.3, 0.4) is 0 Å². The molecule has 0 aliphatic heterocycles. The Labute approximate surface area is 166 Å². The van der Waals surface area contributed by atoms with E-state index in [1.54, 1.807) is 18.2 Å². The maximum absolute atomic E-state index is 12.4. The minimum atomic E-state index is -0.189. The standard InChI is InChI=1S/C20H17Cl2NO2S/c1-12-3-4-13(2)18(7-12)25-10-14-8-19(26-11-14)20(24)23-15-5-6-16(21)17(22)9-15/h3-9,11H,10H2,1-2H3,(H,23,24). The first-order valence-electron chi connectivity index (χ1n) is 7.96. The molecule has 0 unspecified atom stereocenters. The van der Waals surface area contributed by atoms with Gasteiger partial charge in [-0.1, -0.05) is 35.3 Å². The van der Waals surface area contributed by atoms with Crippen LogP contribution in [-0.4, -0.2) is 5.91 Å². The second-order valence-corrected chi connectivity index (χ2v) is 7.69. The molecule has 26 heavy (non-hydrogen) atoms. The number of carbonyl (C=O) groups excluding carboxylic acids is 1. The Balaban J connectivity index is 1.64. The number of ether oxygens (including phenoxy) is 1. The third-order valence-electron chi connectivity index (χ3n) is 3.79. The van der Waals surface area contributed by atoms with Crippen molar-refractivity contribution in [1.29, 1.82) is 0 Å². The first-order valence-corrected chi connectivity index (χ1v) is 9.60.